The number of fused-ring (bicyclic) bond motifs is 1. The van der Waals surface area contributed by atoms with Crippen molar-refractivity contribution in [2.24, 2.45) is 5.92 Å². The molecule has 0 aliphatic carbocycles. The summed E-state index contributed by atoms with van der Waals surface area (Å²) in [6.07, 6.45) is 2.51. The molecule has 0 aromatic carbocycles. The van der Waals surface area contributed by atoms with Gasteiger partial charge in [-0.15, -0.1) is 11.3 Å². The predicted molar refractivity (Wildman–Crippen MR) is 103 cm³/mol. The lowest BCUT2D eigenvalue weighted by Gasteiger charge is -2.13. The van der Waals surface area contributed by atoms with Crippen molar-refractivity contribution in [1.29, 1.82) is 0 Å². The first-order valence-corrected chi connectivity index (χ1v) is 9.68. The minimum absolute atomic E-state index is 0.0260. The van der Waals surface area contributed by atoms with E-state index in [-0.39, 0.29) is 5.91 Å². The van der Waals surface area contributed by atoms with Gasteiger partial charge in [-0.3, -0.25) is 9.78 Å². The molecule has 1 N–H and O–H groups in total. The highest BCUT2D eigenvalue weighted by atomic mass is 79.9. The average Bonchev–Trinajstić information content (AvgIpc) is 3.09. The number of carbonyl (C=O) groups is 1. The zero-order valence-corrected chi connectivity index (χ0v) is 16.2. The number of pyridine rings is 1. The normalized spacial score (nSPS) is 11.3. The number of carbonyl (C=O) groups excluding carboxylic acids is 1. The number of nitrogens with zero attached hydrogens (tertiary/aromatic N) is 2. The Labute approximate surface area is 154 Å². The highest BCUT2D eigenvalue weighted by molar-refractivity contribution is 9.10. The fourth-order valence-corrected chi connectivity index (χ4v) is 4.41. The summed E-state index contributed by atoms with van der Waals surface area (Å²) in [6.45, 7) is 5.73. The molecular formula is C18H20BrN3OS. The highest BCUT2D eigenvalue weighted by Crippen LogP contribution is 2.33. The summed E-state index contributed by atoms with van der Waals surface area (Å²) in [5, 5.41) is 5.09. The molecule has 1 amide bonds. The second-order valence-corrected chi connectivity index (χ2v) is 7.92. The van der Waals surface area contributed by atoms with Gasteiger partial charge in [0.2, 0.25) is 0 Å². The number of rotatable bonds is 6. The molecule has 6 heteroatoms. The van der Waals surface area contributed by atoms with Gasteiger partial charge in [0.15, 0.2) is 0 Å². The minimum atomic E-state index is -0.0260. The summed E-state index contributed by atoms with van der Waals surface area (Å²) in [6, 6.07) is 7.82. The molecule has 0 saturated heterocycles. The van der Waals surface area contributed by atoms with Crippen LogP contribution in [-0.2, 0) is 13.0 Å². The number of halogens is 1. The Kier molecular flexibility index (Phi) is 5.36. The van der Waals surface area contributed by atoms with E-state index in [1.165, 1.54) is 0 Å². The van der Waals surface area contributed by atoms with E-state index in [1.54, 1.807) is 17.5 Å². The molecule has 3 aromatic heterocycles. The van der Waals surface area contributed by atoms with Crippen LogP contribution in [0, 0.1) is 5.92 Å². The van der Waals surface area contributed by atoms with Crippen LogP contribution in [0.5, 0.6) is 0 Å². The molecule has 0 aliphatic rings. The van der Waals surface area contributed by atoms with Crippen LogP contribution in [0.2, 0.25) is 0 Å². The molecule has 0 atom stereocenters. The van der Waals surface area contributed by atoms with Crippen LogP contribution in [-0.4, -0.2) is 22.0 Å². The topological polar surface area (TPSA) is 46.9 Å². The van der Waals surface area contributed by atoms with Crippen LogP contribution < -0.4 is 5.32 Å². The van der Waals surface area contributed by atoms with Crippen molar-refractivity contribution in [3.63, 3.8) is 0 Å². The standard InChI is InChI=1S/C18H20BrN3OS/c1-12(2)10-22-15(9-16-17(22)14(19)11-24-16)18(23)21-8-6-13-5-3-4-7-20-13/h3-5,7,9,11-12H,6,8,10H2,1-2H3,(H,21,23). The van der Waals surface area contributed by atoms with Crippen LogP contribution in [0.4, 0.5) is 0 Å². The number of thiophene rings is 1. The van der Waals surface area contributed by atoms with Gasteiger partial charge in [-0.05, 0) is 40.0 Å². The summed E-state index contributed by atoms with van der Waals surface area (Å²) in [5.74, 6) is 0.439. The Morgan fingerprint density at radius 3 is 2.96 bits per heavy atom. The summed E-state index contributed by atoms with van der Waals surface area (Å²) >= 11 is 5.26. The van der Waals surface area contributed by atoms with Crippen molar-refractivity contribution in [3.8, 4) is 0 Å². The number of hydrogen-bond donors (Lipinski definition) is 1. The van der Waals surface area contributed by atoms with E-state index in [9.17, 15) is 4.79 Å². The minimum Gasteiger partial charge on any atom is -0.350 e. The lowest BCUT2D eigenvalue weighted by molar-refractivity contribution is 0.0944. The van der Waals surface area contributed by atoms with Gasteiger partial charge in [0, 0.05) is 36.8 Å². The average molecular weight is 406 g/mol. The van der Waals surface area contributed by atoms with E-state index in [0.29, 0.717) is 12.5 Å². The lowest BCUT2D eigenvalue weighted by Crippen LogP contribution is -2.28. The quantitative estimate of drug-likeness (QED) is 0.656. The summed E-state index contributed by atoms with van der Waals surface area (Å²) in [7, 11) is 0. The molecule has 0 saturated carbocycles. The van der Waals surface area contributed by atoms with Crippen molar-refractivity contribution in [1.82, 2.24) is 14.9 Å². The molecule has 0 bridgehead atoms. The highest BCUT2D eigenvalue weighted by Gasteiger charge is 2.19. The van der Waals surface area contributed by atoms with E-state index in [1.807, 2.05) is 24.3 Å². The van der Waals surface area contributed by atoms with Crippen LogP contribution in [0.15, 0.2) is 40.3 Å². The maximum Gasteiger partial charge on any atom is 0.267 e. The fourth-order valence-electron chi connectivity index (χ4n) is 2.71. The zero-order chi connectivity index (χ0) is 17.1. The van der Waals surface area contributed by atoms with Gasteiger partial charge < -0.3 is 9.88 Å². The van der Waals surface area contributed by atoms with Gasteiger partial charge in [0.1, 0.15) is 5.69 Å². The van der Waals surface area contributed by atoms with E-state index in [2.05, 4.69) is 50.0 Å². The van der Waals surface area contributed by atoms with Crippen molar-refractivity contribution in [2.45, 2.75) is 26.8 Å². The molecule has 4 nitrogen and oxygen atoms in total. The lowest BCUT2D eigenvalue weighted by atomic mass is 10.2. The third kappa shape index (κ3) is 3.70. The number of aromatic nitrogens is 2. The predicted octanol–water partition coefficient (Wildman–Crippen LogP) is 4.49. The number of nitrogens with one attached hydrogen (secondary N) is 1. The number of hydrogen-bond acceptors (Lipinski definition) is 3. The molecule has 0 radical (unpaired) electrons. The van der Waals surface area contributed by atoms with Crippen LogP contribution in [0.1, 0.15) is 30.0 Å². The SMILES string of the molecule is CC(C)Cn1c(C(=O)NCCc2ccccn2)cc2scc(Br)c21. The van der Waals surface area contributed by atoms with Gasteiger partial charge in [-0.2, -0.15) is 0 Å². The van der Waals surface area contributed by atoms with E-state index >= 15 is 0 Å². The third-order valence-electron chi connectivity index (χ3n) is 3.75. The molecular weight excluding hydrogens is 386 g/mol. The third-order valence-corrected chi connectivity index (χ3v) is 5.58. The Bertz CT molecular complexity index is 839. The summed E-state index contributed by atoms with van der Waals surface area (Å²) in [4.78, 5) is 16.9. The van der Waals surface area contributed by atoms with Crippen molar-refractivity contribution in [3.05, 3.63) is 51.7 Å². The van der Waals surface area contributed by atoms with E-state index in [0.717, 1.165) is 39.0 Å². The largest absolute Gasteiger partial charge is 0.350 e. The monoisotopic (exact) mass is 405 g/mol. The first kappa shape index (κ1) is 17.2. The molecule has 0 unspecified atom stereocenters. The number of amides is 1. The van der Waals surface area contributed by atoms with Gasteiger partial charge >= 0.3 is 0 Å². The molecule has 3 rings (SSSR count). The van der Waals surface area contributed by atoms with E-state index < -0.39 is 0 Å². The zero-order valence-electron chi connectivity index (χ0n) is 13.8. The van der Waals surface area contributed by atoms with Crippen LogP contribution >= 0.6 is 27.3 Å². The van der Waals surface area contributed by atoms with Crippen molar-refractivity contribution < 1.29 is 4.79 Å². The Morgan fingerprint density at radius 1 is 1.42 bits per heavy atom. The first-order chi connectivity index (χ1) is 11.6. The first-order valence-electron chi connectivity index (χ1n) is 8.00. The van der Waals surface area contributed by atoms with Crippen molar-refractivity contribution >= 4 is 43.4 Å². The fraction of sp³-hybridized carbons (Fsp3) is 0.333. The van der Waals surface area contributed by atoms with Gasteiger partial charge in [-0.25, -0.2) is 0 Å². The summed E-state index contributed by atoms with van der Waals surface area (Å²) in [5.41, 5.74) is 2.83. The van der Waals surface area contributed by atoms with Gasteiger partial charge in [-0.1, -0.05) is 19.9 Å². The molecule has 24 heavy (non-hydrogen) atoms. The second kappa shape index (κ2) is 7.49. The van der Waals surface area contributed by atoms with Gasteiger partial charge in [0.25, 0.3) is 5.91 Å². The Hall–Kier alpha value is -1.66. The molecule has 0 fully saturated rings. The van der Waals surface area contributed by atoms with Crippen molar-refractivity contribution in [2.75, 3.05) is 6.54 Å². The maximum absolute atomic E-state index is 12.7. The maximum atomic E-state index is 12.7. The Morgan fingerprint density at radius 2 is 2.25 bits per heavy atom. The molecule has 0 spiro atoms. The smallest absolute Gasteiger partial charge is 0.267 e. The molecule has 3 aromatic rings. The van der Waals surface area contributed by atoms with Gasteiger partial charge in [0.05, 0.1) is 14.7 Å². The molecule has 3 heterocycles. The van der Waals surface area contributed by atoms with Crippen LogP contribution in [0.3, 0.4) is 0 Å². The molecule has 126 valence electrons. The second-order valence-electron chi connectivity index (χ2n) is 6.16. The van der Waals surface area contributed by atoms with E-state index in [4.69, 9.17) is 0 Å². The van der Waals surface area contributed by atoms with Crippen LogP contribution in [0.25, 0.3) is 10.2 Å². The molecule has 0 aliphatic heterocycles. The summed E-state index contributed by atoms with van der Waals surface area (Å²) < 4.78 is 4.31. The Balaban J connectivity index is 1.76.